The van der Waals surface area contributed by atoms with Gasteiger partial charge in [-0.1, -0.05) is 12.1 Å². The number of para-hydroxylation sites is 2. The summed E-state index contributed by atoms with van der Waals surface area (Å²) in [6.07, 6.45) is 1.05. The van der Waals surface area contributed by atoms with Crippen LogP contribution in [0.1, 0.15) is 0 Å². The van der Waals surface area contributed by atoms with Gasteiger partial charge in [-0.15, -0.1) is 0 Å². The predicted molar refractivity (Wildman–Crippen MR) is 81.2 cm³/mol. The molecule has 2 rings (SSSR count). The second kappa shape index (κ2) is 5.38. The van der Waals surface area contributed by atoms with Gasteiger partial charge in [-0.3, -0.25) is 4.72 Å². The molecule has 0 saturated heterocycles. The van der Waals surface area contributed by atoms with Crippen molar-refractivity contribution in [3.63, 3.8) is 0 Å². The van der Waals surface area contributed by atoms with Crippen LogP contribution in [0, 0.1) is 0 Å². The number of benzene rings is 2. The summed E-state index contributed by atoms with van der Waals surface area (Å²) in [7, 11) is -7.19. The van der Waals surface area contributed by atoms with E-state index in [1.54, 1.807) is 18.2 Å². The van der Waals surface area contributed by atoms with E-state index in [4.69, 9.17) is 5.73 Å². The molecule has 0 bridgehead atoms. The molecule has 0 aliphatic carbocycles. The first-order chi connectivity index (χ1) is 9.70. The van der Waals surface area contributed by atoms with Crippen molar-refractivity contribution in [1.82, 2.24) is 0 Å². The van der Waals surface area contributed by atoms with Crippen LogP contribution in [0.3, 0.4) is 0 Å². The molecule has 3 N–H and O–H groups in total. The summed E-state index contributed by atoms with van der Waals surface area (Å²) in [6.45, 7) is 0. The second-order valence-corrected chi connectivity index (χ2v) is 8.13. The van der Waals surface area contributed by atoms with Crippen molar-refractivity contribution in [2.24, 2.45) is 0 Å². The highest BCUT2D eigenvalue weighted by molar-refractivity contribution is 7.92. The monoisotopic (exact) mass is 326 g/mol. The minimum atomic E-state index is -3.82. The Balaban J connectivity index is 2.35. The smallest absolute Gasteiger partial charge is 0.261 e. The number of nitrogens with one attached hydrogen (secondary N) is 1. The van der Waals surface area contributed by atoms with E-state index in [0.717, 1.165) is 6.26 Å². The van der Waals surface area contributed by atoms with E-state index in [1.807, 2.05) is 0 Å². The molecule has 0 heterocycles. The van der Waals surface area contributed by atoms with Gasteiger partial charge in [0.25, 0.3) is 10.0 Å². The summed E-state index contributed by atoms with van der Waals surface area (Å²) in [5.41, 5.74) is 6.25. The van der Waals surface area contributed by atoms with E-state index in [9.17, 15) is 16.8 Å². The molecule has 21 heavy (non-hydrogen) atoms. The molecule has 0 aliphatic rings. The Kier molecular flexibility index (Phi) is 3.93. The van der Waals surface area contributed by atoms with Crippen LogP contribution >= 0.6 is 0 Å². The Hall–Kier alpha value is -2.06. The normalized spacial score (nSPS) is 12.0. The largest absolute Gasteiger partial charge is 0.397 e. The highest BCUT2D eigenvalue weighted by Crippen LogP contribution is 2.22. The molecule has 0 aliphatic heterocycles. The van der Waals surface area contributed by atoms with E-state index < -0.39 is 19.9 Å². The number of rotatable bonds is 4. The fourth-order valence-electron chi connectivity index (χ4n) is 1.66. The van der Waals surface area contributed by atoms with Crippen LogP contribution in [-0.4, -0.2) is 23.1 Å². The van der Waals surface area contributed by atoms with Gasteiger partial charge < -0.3 is 5.73 Å². The molecule has 8 heteroatoms. The average Bonchev–Trinajstić information content (AvgIpc) is 2.40. The van der Waals surface area contributed by atoms with Gasteiger partial charge in [-0.25, -0.2) is 16.8 Å². The Bertz CT molecular complexity index is 857. The molecular weight excluding hydrogens is 312 g/mol. The molecule has 0 amide bonds. The third-order valence-electron chi connectivity index (χ3n) is 2.77. The number of sulfone groups is 1. The lowest BCUT2D eigenvalue weighted by molar-refractivity contribution is 0.597. The zero-order chi connectivity index (χ0) is 15.7. The van der Waals surface area contributed by atoms with Gasteiger partial charge in [0, 0.05) is 6.26 Å². The summed E-state index contributed by atoms with van der Waals surface area (Å²) < 4.78 is 49.5. The molecule has 2 aromatic rings. The minimum Gasteiger partial charge on any atom is -0.397 e. The van der Waals surface area contributed by atoms with Crippen molar-refractivity contribution in [1.29, 1.82) is 0 Å². The van der Waals surface area contributed by atoms with Crippen molar-refractivity contribution in [3.05, 3.63) is 48.5 Å². The van der Waals surface area contributed by atoms with E-state index in [2.05, 4.69) is 4.72 Å². The van der Waals surface area contributed by atoms with E-state index in [0.29, 0.717) is 5.69 Å². The fourth-order valence-corrected chi connectivity index (χ4v) is 3.38. The lowest BCUT2D eigenvalue weighted by Crippen LogP contribution is -2.14. The third kappa shape index (κ3) is 3.53. The van der Waals surface area contributed by atoms with Crippen molar-refractivity contribution in [2.75, 3.05) is 16.7 Å². The maximum atomic E-state index is 12.2. The van der Waals surface area contributed by atoms with Gasteiger partial charge >= 0.3 is 0 Å². The van der Waals surface area contributed by atoms with Gasteiger partial charge in [0.05, 0.1) is 21.2 Å². The molecule has 0 fully saturated rings. The lowest BCUT2D eigenvalue weighted by atomic mass is 10.3. The molecule has 0 radical (unpaired) electrons. The SMILES string of the molecule is CS(=O)(=O)c1ccc(S(=O)(=O)Nc2ccccc2N)cc1. The van der Waals surface area contributed by atoms with Crippen molar-refractivity contribution in [2.45, 2.75) is 9.79 Å². The average molecular weight is 326 g/mol. The number of hydrogen-bond donors (Lipinski definition) is 2. The Labute approximate surface area is 123 Å². The molecule has 2 aromatic carbocycles. The zero-order valence-corrected chi connectivity index (χ0v) is 12.8. The Morgan fingerprint density at radius 2 is 1.38 bits per heavy atom. The number of nitrogen functional groups attached to an aromatic ring is 1. The van der Waals surface area contributed by atoms with Crippen molar-refractivity contribution in [3.8, 4) is 0 Å². The summed E-state index contributed by atoms with van der Waals surface area (Å²) in [5, 5.41) is 0. The van der Waals surface area contributed by atoms with E-state index in [1.165, 1.54) is 30.3 Å². The number of hydrogen-bond acceptors (Lipinski definition) is 5. The van der Waals surface area contributed by atoms with Gasteiger partial charge in [-0.2, -0.15) is 0 Å². The first kappa shape index (κ1) is 15.3. The van der Waals surface area contributed by atoms with Gasteiger partial charge in [0.15, 0.2) is 9.84 Å². The Morgan fingerprint density at radius 3 is 1.90 bits per heavy atom. The standard InChI is InChI=1S/C13H14N2O4S2/c1-20(16,17)10-6-8-11(9-7-10)21(18,19)15-13-5-3-2-4-12(13)14/h2-9,15H,14H2,1H3. The molecular formula is C13H14N2O4S2. The second-order valence-electron chi connectivity index (χ2n) is 4.44. The molecule has 6 nitrogen and oxygen atoms in total. The van der Waals surface area contributed by atoms with Gasteiger partial charge in [0.2, 0.25) is 0 Å². The highest BCUT2D eigenvalue weighted by Gasteiger charge is 2.16. The molecule has 0 saturated carbocycles. The number of anilines is 2. The first-order valence-electron chi connectivity index (χ1n) is 5.87. The fraction of sp³-hybridized carbons (Fsp3) is 0.0769. The first-order valence-corrected chi connectivity index (χ1v) is 9.25. The third-order valence-corrected chi connectivity index (χ3v) is 5.28. The number of nitrogens with two attached hydrogens (primary N) is 1. The summed E-state index contributed by atoms with van der Waals surface area (Å²) in [6, 6.07) is 11.4. The molecule has 0 unspecified atom stereocenters. The summed E-state index contributed by atoms with van der Waals surface area (Å²) in [5.74, 6) is 0. The van der Waals surface area contributed by atoms with Crippen LogP contribution in [0.5, 0.6) is 0 Å². The molecule has 0 spiro atoms. The minimum absolute atomic E-state index is 0.0434. The van der Waals surface area contributed by atoms with Gasteiger partial charge in [0.1, 0.15) is 0 Å². The van der Waals surface area contributed by atoms with Crippen molar-refractivity contribution >= 4 is 31.2 Å². The van der Waals surface area contributed by atoms with E-state index in [-0.39, 0.29) is 15.5 Å². The molecule has 0 atom stereocenters. The van der Waals surface area contributed by atoms with Crippen LogP contribution in [0.15, 0.2) is 58.3 Å². The van der Waals surface area contributed by atoms with Crippen LogP contribution in [0.4, 0.5) is 11.4 Å². The quantitative estimate of drug-likeness (QED) is 0.828. The predicted octanol–water partition coefficient (Wildman–Crippen LogP) is 1.47. The topological polar surface area (TPSA) is 106 Å². The number of sulfonamides is 1. The van der Waals surface area contributed by atoms with Crippen LogP contribution in [0.25, 0.3) is 0 Å². The maximum Gasteiger partial charge on any atom is 0.261 e. The van der Waals surface area contributed by atoms with Gasteiger partial charge in [-0.05, 0) is 36.4 Å². The maximum absolute atomic E-state index is 12.2. The van der Waals surface area contributed by atoms with Crippen LogP contribution in [0.2, 0.25) is 0 Å². The van der Waals surface area contributed by atoms with Crippen LogP contribution in [-0.2, 0) is 19.9 Å². The molecule has 0 aromatic heterocycles. The van der Waals surface area contributed by atoms with Crippen LogP contribution < -0.4 is 10.5 Å². The van der Waals surface area contributed by atoms with Crippen molar-refractivity contribution < 1.29 is 16.8 Å². The summed E-state index contributed by atoms with van der Waals surface area (Å²) in [4.78, 5) is 0.0128. The molecule has 112 valence electrons. The van der Waals surface area contributed by atoms with E-state index >= 15 is 0 Å². The Morgan fingerprint density at radius 1 is 0.857 bits per heavy atom. The lowest BCUT2D eigenvalue weighted by Gasteiger charge is -2.10. The zero-order valence-electron chi connectivity index (χ0n) is 11.1. The highest BCUT2D eigenvalue weighted by atomic mass is 32.2. The summed E-state index contributed by atoms with van der Waals surface area (Å²) >= 11 is 0.